The fourth-order valence-corrected chi connectivity index (χ4v) is 3.13. The molecular formula is C17H23N5. The van der Waals surface area contributed by atoms with Crippen molar-refractivity contribution in [1.29, 1.82) is 0 Å². The number of aryl methyl sites for hydroxylation is 2. The van der Waals surface area contributed by atoms with E-state index in [0.29, 0.717) is 11.9 Å². The van der Waals surface area contributed by atoms with Crippen LogP contribution in [0.3, 0.4) is 0 Å². The lowest BCUT2D eigenvalue weighted by Gasteiger charge is -2.30. The number of fused-ring (bicyclic) bond motifs is 1. The smallest absolute Gasteiger partial charge is 0.228 e. The summed E-state index contributed by atoms with van der Waals surface area (Å²) in [6.07, 6.45) is 2.98. The maximum absolute atomic E-state index is 5.77. The van der Waals surface area contributed by atoms with E-state index in [1.165, 1.54) is 16.7 Å². The van der Waals surface area contributed by atoms with Crippen molar-refractivity contribution in [2.45, 2.75) is 52.0 Å². The minimum atomic E-state index is 0.235. The lowest BCUT2D eigenvalue weighted by Crippen LogP contribution is -2.21. The molecule has 0 radical (unpaired) electrons. The molecule has 3 N–H and O–H groups in total. The van der Waals surface area contributed by atoms with Gasteiger partial charge in [0.05, 0.1) is 6.04 Å². The number of nitrogens with two attached hydrogens (primary N) is 1. The van der Waals surface area contributed by atoms with Gasteiger partial charge in [-0.1, -0.05) is 37.6 Å². The summed E-state index contributed by atoms with van der Waals surface area (Å²) in [4.78, 5) is 12.8. The van der Waals surface area contributed by atoms with Gasteiger partial charge in [0.15, 0.2) is 0 Å². The highest BCUT2D eigenvalue weighted by Gasteiger charge is 2.25. The number of nitrogens with one attached hydrogen (secondary N) is 1. The summed E-state index contributed by atoms with van der Waals surface area (Å²) in [6.45, 7) is 6.45. The van der Waals surface area contributed by atoms with Crippen molar-refractivity contribution in [3.05, 3.63) is 40.7 Å². The molecule has 1 heterocycles. The van der Waals surface area contributed by atoms with Gasteiger partial charge in [0.1, 0.15) is 5.82 Å². The fourth-order valence-electron chi connectivity index (χ4n) is 3.13. The Bertz CT molecular complexity index is 683. The Kier molecular flexibility index (Phi) is 3.96. The van der Waals surface area contributed by atoms with E-state index in [1.807, 2.05) is 6.92 Å². The summed E-state index contributed by atoms with van der Waals surface area (Å²) in [5.41, 5.74) is 9.86. The number of hydrogen-bond acceptors (Lipinski definition) is 5. The molecule has 5 nitrogen and oxygen atoms in total. The normalized spacial score (nSPS) is 20.5. The molecule has 2 atom stereocenters. The molecule has 1 unspecified atom stereocenters. The Hall–Kier alpha value is -2.17. The number of nitrogens with zero attached hydrogens (tertiary/aromatic N) is 3. The Morgan fingerprint density at radius 3 is 2.77 bits per heavy atom. The van der Waals surface area contributed by atoms with Gasteiger partial charge in [-0.3, -0.25) is 0 Å². The minimum Gasteiger partial charge on any atom is -0.368 e. The monoisotopic (exact) mass is 297 g/mol. The summed E-state index contributed by atoms with van der Waals surface area (Å²) in [5.74, 6) is 2.18. The van der Waals surface area contributed by atoms with Gasteiger partial charge in [-0.2, -0.15) is 15.0 Å². The van der Waals surface area contributed by atoms with Crippen LogP contribution in [0.5, 0.6) is 0 Å². The standard InChI is InChI=1S/C17H23N5/c1-4-15-20-16(18)22-17(21-15)19-14-8-6-11(3)13-9-10(2)5-7-12(13)14/h5,7,9,11,14H,4,6,8H2,1-3H3,(H3,18,19,20,21,22)/t11?,14-/m1/s1. The molecular weight excluding hydrogens is 274 g/mol. The van der Waals surface area contributed by atoms with Gasteiger partial charge < -0.3 is 11.1 Å². The molecule has 0 saturated carbocycles. The molecule has 3 rings (SSSR count). The number of aromatic nitrogens is 3. The van der Waals surface area contributed by atoms with Crippen LogP contribution in [0.2, 0.25) is 0 Å². The van der Waals surface area contributed by atoms with Crippen molar-refractivity contribution < 1.29 is 0 Å². The van der Waals surface area contributed by atoms with Crippen molar-refractivity contribution in [2.24, 2.45) is 0 Å². The first-order valence-corrected chi connectivity index (χ1v) is 7.94. The second-order valence-corrected chi connectivity index (χ2v) is 6.09. The molecule has 22 heavy (non-hydrogen) atoms. The predicted octanol–water partition coefficient (Wildman–Crippen LogP) is 3.38. The first-order chi connectivity index (χ1) is 10.6. The molecule has 0 aliphatic heterocycles. The molecule has 0 bridgehead atoms. The SMILES string of the molecule is CCc1nc(N)nc(N[C@@H]2CCC(C)c3cc(C)ccc32)n1. The van der Waals surface area contributed by atoms with Crippen molar-refractivity contribution in [1.82, 2.24) is 15.0 Å². The van der Waals surface area contributed by atoms with E-state index in [9.17, 15) is 0 Å². The topological polar surface area (TPSA) is 76.7 Å². The molecule has 116 valence electrons. The second-order valence-electron chi connectivity index (χ2n) is 6.09. The molecule has 0 saturated heterocycles. The van der Waals surface area contributed by atoms with Crippen LogP contribution in [-0.4, -0.2) is 15.0 Å². The largest absolute Gasteiger partial charge is 0.368 e. The Morgan fingerprint density at radius 2 is 2.00 bits per heavy atom. The van der Waals surface area contributed by atoms with Crippen LogP contribution in [0.4, 0.5) is 11.9 Å². The fraction of sp³-hybridized carbons (Fsp3) is 0.471. The first-order valence-electron chi connectivity index (χ1n) is 7.94. The third-order valence-corrected chi connectivity index (χ3v) is 4.36. The van der Waals surface area contributed by atoms with Gasteiger partial charge >= 0.3 is 0 Å². The molecule has 1 aromatic heterocycles. The van der Waals surface area contributed by atoms with Gasteiger partial charge in [0, 0.05) is 6.42 Å². The Morgan fingerprint density at radius 1 is 1.18 bits per heavy atom. The van der Waals surface area contributed by atoms with Crippen LogP contribution in [-0.2, 0) is 6.42 Å². The van der Waals surface area contributed by atoms with E-state index in [0.717, 1.165) is 25.1 Å². The molecule has 0 amide bonds. The molecule has 2 aromatic rings. The van der Waals surface area contributed by atoms with E-state index >= 15 is 0 Å². The molecule has 1 aliphatic rings. The highest BCUT2D eigenvalue weighted by molar-refractivity contribution is 5.43. The predicted molar refractivity (Wildman–Crippen MR) is 88.8 cm³/mol. The van der Waals surface area contributed by atoms with E-state index in [4.69, 9.17) is 5.73 Å². The highest BCUT2D eigenvalue weighted by Crippen LogP contribution is 2.38. The van der Waals surface area contributed by atoms with Gasteiger partial charge in [-0.05, 0) is 36.8 Å². The molecule has 5 heteroatoms. The minimum absolute atomic E-state index is 0.235. The maximum Gasteiger partial charge on any atom is 0.228 e. The zero-order valence-electron chi connectivity index (χ0n) is 13.4. The van der Waals surface area contributed by atoms with Crippen molar-refractivity contribution >= 4 is 11.9 Å². The van der Waals surface area contributed by atoms with Gasteiger partial charge in [0.25, 0.3) is 0 Å². The average Bonchev–Trinajstić information content (AvgIpc) is 2.49. The molecule has 1 aliphatic carbocycles. The number of anilines is 2. The average molecular weight is 297 g/mol. The van der Waals surface area contributed by atoms with E-state index in [-0.39, 0.29) is 12.0 Å². The van der Waals surface area contributed by atoms with Crippen LogP contribution >= 0.6 is 0 Å². The van der Waals surface area contributed by atoms with Crippen LogP contribution in [0.15, 0.2) is 18.2 Å². The molecule has 1 aromatic carbocycles. The van der Waals surface area contributed by atoms with E-state index < -0.39 is 0 Å². The number of rotatable bonds is 3. The Balaban J connectivity index is 1.91. The van der Waals surface area contributed by atoms with Crippen LogP contribution in [0.25, 0.3) is 0 Å². The maximum atomic E-state index is 5.77. The van der Waals surface area contributed by atoms with E-state index in [1.54, 1.807) is 0 Å². The zero-order valence-corrected chi connectivity index (χ0v) is 13.4. The van der Waals surface area contributed by atoms with Gasteiger partial charge in [-0.25, -0.2) is 0 Å². The summed E-state index contributed by atoms with van der Waals surface area (Å²) in [5, 5.41) is 3.45. The van der Waals surface area contributed by atoms with Crippen molar-refractivity contribution in [3.8, 4) is 0 Å². The second kappa shape index (κ2) is 5.91. The quantitative estimate of drug-likeness (QED) is 0.908. The molecule has 0 spiro atoms. The first kappa shape index (κ1) is 14.8. The van der Waals surface area contributed by atoms with Gasteiger partial charge in [0.2, 0.25) is 11.9 Å². The summed E-state index contributed by atoms with van der Waals surface area (Å²) in [7, 11) is 0. The van der Waals surface area contributed by atoms with Crippen molar-refractivity contribution in [2.75, 3.05) is 11.1 Å². The summed E-state index contributed by atoms with van der Waals surface area (Å²) in [6, 6.07) is 6.93. The number of hydrogen-bond donors (Lipinski definition) is 2. The third-order valence-electron chi connectivity index (χ3n) is 4.36. The lowest BCUT2D eigenvalue weighted by molar-refractivity contribution is 0.531. The van der Waals surface area contributed by atoms with Crippen LogP contribution in [0, 0.1) is 6.92 Å². The summed E-state index contributed by atoms with van der Waals surface area (Å²) >= 11 is 0. The van der Waals surface area contributed by atoms with Gasteiger partial charge in [-0.15, -0.1) is 0 Å². The Labute approximate surface area is 131 Å². The highest BCUT2D eigenvalue weighted by atomic mass is 15.2. The summed E-state index contributed by atoms with van der Waals surface area (Å²) < 4.78 is 0. The third kappa shape index (κ3) is 2.89. The number of benzene rings is 1. The van der Waals surface area contributed by atoms with Crippen LogP contribution < -0.4 is 11.1 Å². The van der Waals surface area contributed by atoms with Crippen molar-refractivity contribution in [3.63, 3.8) is 0 Å². The molecule has 0 fully saturated rings. The number of nitrogen functional groups attached to an aromatic ring is 1. The lowest BCUT2D eigenvalue weighted by atomic mass is 9.80. The zero-order chi connectivity index (χ0) is 15.7. The van der Waals surface area contributed by atoms with E-state index in [2.05, 4.69) is 52.3 Å². The van der Waals surface area contributed by atoms with Crippen LogP contribution in [0.1, 0.15) is 61.2 Å².